The predicted molar refractivity (Wildman–Crippen MR) is 262 cm³/mol. The van der Waals surface area contributed by atoms with Crippen LogP contribution in [0.5, 0.6) is 0 Å². The van der Waals surface area contributed by atoms with Crippen LogP contribution in [0.2, 0.25) is 5.02 Å². The summed E-state index contributed by atoms with van der Waals surface area (Å²) >= 11 is 5.61. The number of aliphatic hydroxyl groups is 1. The van der Waals surface area contributed by atoms with Gasteiger partial charge in [0, 0.05) is 90.2 Å². The van der Waals surface area contributed by atoms with E-state index in [-0.39, 0.29) is 15.9 Å². The van der Waals surface area contributed by atoms with Gasteiger partial charge in [-0.2, -0.15) is 0 Å². The smallest absolute Gasteiger partial charge is 0.261 e. The number of aliphatic hydroxyl groups excluding tert-OH is 1. The number of likely N-dealkylation sites (tertiary alicyclic amines) is 1. The van der Waals surface area contributed by atoms with Gasteiger partial charge in [-0.15, -0.1) is 11.8 Å². The number of thioether (sulfide) groups is 1. The third-order valence-electron chi connectivity index (χ3n) is 12.3. The van der Waals surface area contributed by atoms with E-state index in [4.69, 9.17) is 16.6 Å². The fourth-order valence-corrected chi connectivity index (χ4v) is 11.6. The van der Waals surface area contributed by atoms with E-state index in [0.717, 1.165) is 111 Å². The summed E-state index contributed by atoms with van der Waals surface area (Å²) in [7, 11) is -2.06. The monoisotopic (exact) mass is 938 g/mol. The molecule has 0 bridgehead atoms. The molecule has 3 N–H and O–H groups in total. The fraction of sp³-hybridized carbons (Fsp3) is 0.327. The highest BCUT2D eigenvalue weighted by Crippen LogP contribution is 2.34. The summed E-state index contributed by atoms with van der Waals surface area (Å²) in [6.07, 6.45) is 5.52. The Balaban J connectivity index is 0.874. The number of piperidine rings is 1. The molecule has 2 fully saturated rings. The first-order chi connectivity index (χ1) is 31.0. The van der Waals surface area contributed by atoms with Crippen LogP contribution in [0.3, 0.4) is 0 Å². The molecule has 0 amide bonds. The van der Waals surface area contributed by atoms with Gasteiger partial charge in [0.15, 0.2) is 11.1 Å². The maximum absolute atomic E-state index is 13.7. The average molecular weight is 940 g/mol. The normalized spacial score (nSPS) is 16.2. The van der Waals surface area contributed by atoms with Gasteiger partial charge in [-0.3, -0.25) is 4.72 Å². The average Bonchev–Trinajstić information content (AvgIpc) is 3.71. The van der Waals surface area contributed by atoms with Gasteiger partial charge in [0.25, 0.3) is 10.0 Å². The zero-order valence-electron chi connectivity index (χ0n) is 35.9. The standard InChI is InChI=1S/C49H55ClN6O5S3/c1-53-35-51-48(49(53)38-12-15-40(50)16-13-38)39-6-5-7-43(32-39)56-30-28-55(29-31-56)42-19-17-41(18-20-42)52-64(60,61)46-21-14-37(47(33-46)63(58)59)11-10-36(34-62-45-8-3-2-4-9-45)22-25-54-26-23-44(57)24-27-54/h2-9,12-21,32-33,35-36,44,52,57H,10-11,22-31,34H2,1H3,(H,58,59)/t36-/m1/s1. The van der Waals surface area contributed by atoms with Crippen LogP contribution >= 0.6 is 23.4 Å². The van der Waals surface area contributed by atoms with E-state index in [1.54, 1.807) is 18.2 Å². The van der Waals surface area contributed by atoms with E-state index < -0.39 is 21.1 Å². The summed E-state index contributed by atoms with van der Waals surface area (Å²) in [6, 6.07) is 38.5. The first kappa shape index (κ1) is 45.9. The summed E-state index contributed by atoms with van der Waals surface area (Å²) in [5.74, 6) is 1.23. The highest BCUT2D eigenvalue weighted by molar-refractivity contribution is 7.99. The van der Waals surface area contributed by atoms with E-state index in [1.165, 1.54) is 17.0 Å². The van der Waals surface area contributed by atoms with E-state index >= 15 is 0 Å². The van der Waals surface area contributed by atoms with Gasteiger partial charge in [0.1, 0.15) is 0 Å². The second-order valence-electron chi connectivity index (χ2n) is 16.6. The molecular formula is C49H55ClN6O5S3. The van der Waals surface area contributed by atoms with Crippen molar-refractivity contribution in [2.24, 2.45) is 13.0 Å². The number of aryl methyl sites for hydroxylation is 2. The van der Waals surface area contributed by atoms with Crippen LogP contribution in [0.4, 0.5) is 17.1 Å². The molecule has 5 aromatic carbocycles. The number of hydrogen-bond donors (Lipinski definition) is 3. The highest BCUT2D eigenvalue weighted by Gasteiger charge is 2.23. The van der Waals surface area contributed by atoms with E-state index in [1.807, 2.05) is 84.3 Å². The first-order valence-corrected chi connectivity index (χ1v) is 25.8. The molecule has 64 heavy (non-hydrogen) atoms. The number of halogens is 1. The zero-order chi connectivity index (χ0) is 44.6. The molecule has 15 heteroatoms. The Kier molecular flexibility index (Phi) is 15.1. The third-order valence-corrected chi connectivity index (χ3v) is 15.9. The molecule has 0 spiro atoms. The molecule has 6 aromatic rings. The molecule has 1 unspecified atom stereocenters. The van der Waals surface area contributed by atoms with Crippen molar-refractivity contribution in [2.45, 2.75) is 52.9 Å². The van der Waals surface area contributed by atoms with Gasteiger partial charge >= 0.3 is 0 Å². The predicted octanol–water partition coefficient (Wildman–Crippen LogP) is 9.30. The van der Waals surface area contributed by atoms with Crippen molar-refractivity contribution in [3.05, 3.63) is 138 Å². The second kappa shape index (κ2) is 21.1. The summed E-state index contributed by atoms with van der Waals surface area (Å²) in [6.45, 7) is 5.91. The largest absolute Gasteiger partial charge is 0.393 e. The molecule has 0 radical (unpaired) electrons. The van der Waals surface area contributed by atoms with Crippen molar-refractivity contribution in [1.82, 2.24) is 14.5 Å². The lowest BCUT2D eigenvalue weighted by Gasteiger charge is -2.37. The van der Waals surface area contributed by atoms with Gasteiger partial charge < -0.3 is 28.9 Å². The molecular weight excluding hydrogens is 884 g/mol. The molecule has 2 aliphatic rings. The maximum Gasteiger partial charge on any atom is 0.261 e. The lowest BCUT2D eigenvalue weighted by Crippen LogP contribution is -2.46. The fourth-order valence-electron chi connectivity index (χ4n) is 8.60. The van der Waals surface area contributed by atoms with Gasteiger partial charge in [-0.25, -0.2) is 17.6 Å². The van der Waals surface area contributed by atoms with Crippen LogP contribution in [0.1, 0.15) is 31.2 Å². The lowest BCUT2D eigenvalue weighted by molar-refractivity contribution is 0.0801. The van der Waals surface area contributed by atoms with E-state index in [9.17, 15) is 22.3 Å². The number of imidazole rings is 1. The van der Waals surface area contributed by atoms with Crippen molar-refractivity contribution >= 4 is 61.5 Å². The van der Waals surface area contributed by atoms with Crippen LogP contribution in [0.15, 0.2) is 142 Å². The molecule has 1 aromatic heterocycles. The number of nitrogens with zero attached hydrogens (tertiary/aromatic N) is 5. The topological polar surface area (TPSA) is 131 Å². The number of benzene rings is 5. The molecule has 0 saturated carbocycles. The number of nitrogens with one attached hydrogen (secondary N) is 1. The Morgan fingerprint density at radius 1 is 0.812 bits per heavy atom. The number of aromatic nitrogens is 2. The number of piperazine rings is 1. The van der Waals surface area contributed by atoms with Crippen molar-refractivity contribution in [3.8, 4) is 22.5 Å². The third kappa shape index (κ3) is 11.6. The first-order valence-electron chi connectivity index (χ1n) is 21.8. The molecule has 336 valence electrons. The van der Waals surface area contributed by atoms with Crippen LogP contribution in [-0.2, 0) is 34.6 Å². The van der Waals surface area contributed by atoms with Crippen molar-refractivity contribution in [3.63, 3.8) is 0 Å². The van der Waals surface area contributed by atoms with Crippen LogP contribution in [-0.4, -0.2) is 94.4 Å². The number of sulfonamides is 1. The highest BCUT2D eigenvalue weighted by atomic mass is 35.5. The number of anilines is 3. The number of hydrogen-bond acceptors (Lipinski definition) is 9. The van der Waals surface area contributed by atoms with Gasteiger partial charge in [-0.1, -0.05) is 60.1 Å². The van der Waals surface area contributed by atoms with E-state index in [0.29, 0.717) is 28.6 Å². The van der Waals surface area contributed by atoms with Gasteiger partial charge in [0.2, 0.25) is 0 Å². The molecule has 2 aliphatic heterocycles. The summed E-state index contributed by atoms with van der Waals surface area (Å²) in [4.78, 5) is 13.1. The molecule has 2 saturated heterocycles. The van der Waals surface area contributed by atoms with Crippen molar-refractivity contribution in [1.29, 1.82) is 0 Å². The molecule has 8 rings (SSSR count). The van der Waals surface area contributed by atoms with Crippen LogP contribution in [0.25, 0.3) is 22.5 Å². The maximum atomic E-state index is 13.7. The Labute approximate surface area is 388 Å². The summed E-state index contributed by atoms with van der Waals surface area (Å²) < 4.78 is 55.1. The van der Waals surface area contributed by atoms with Gasteiger partial charge in [0.05, 0.1) is 33.6 Å². The molecule has 0 aliphatic carbocycles. The van der Waals surface area contributed by atoms with Gasteiger partial charge in [-0.05, 0) is 123 Å². The Bertz CT molecular complexity index is 2620. The second-order valence-corrected chi connectivity index (χ2v) is 20.8. The molecule has 2 atom stereocenters. The van der Waals surface area contributed by atoms with Crippen LogP contribution in [0, 0.1) is 5.92 Å². The van der Waals surface area contributed by atoms with Crippen molar-refractivity contribution in [2.75, 3.05) is 66.1 Å². The van der Waals surface area contributed by atoms with E-state index in [2.05, 4.69) is 55.8 Å². The summed E-state index contributed by atoms with van der Waals surface area (Å²) in [5, 5.41) is 10.7. The Morgan fingerprint density at radius 2 is 1.52 bits per heavy atom. The Morgan fingerprint density at radius 3 is 2.22 bits per heavy atom. The minimum atomic E-state index is -4.05. The molecule has 11 nitrogen and oxygen atoms in total. The summed E-state index contributed by atoms with van der Waals surface area (Å²) in [5.41, 5.74) is 7.24. The quantitative estimate of drug-likeness (QED) is 0.0601. The van der Waals surface area contributed by atoms with Crippen molar-refractivity contribution < 1.29 is 22.3 Å². The zero-order valence-corrected chi connectivity index (χ0v) is 39.1. The SMILES string of the molecule is Cn1cnc(-c2cccc(N3CCN(c4ccc(NS(=O)(=O)c5ccc(CC[C@H](CCN6CCC(O)CC6)CSc6ccccc6)c(S(=O)O)c5)cc4)CC3)c2)c1-c1ccc(Cl)cc1. The van der Waals surface area contributed by atoms with Crippen LogP contribution < -0.4 is 14.5 Å². The molecule has 3 heterocycles. The minimum absolute atomic E-state index is 0.0642. The number of rotatable bonds is 17. The Hall–Kier alpha value is -4.67. The lowest BCUT2D eigenvalue weighted by atomic mass is 9.97. The minimum Gasteiger partial charge on any atom is -0.393 e.